The van der Waals surface area contributed by atoms with Crippen LogP contribution in [0.1, 0.15) is 26.2 Å². The number of carbonyl (C=O) groups is 3. The number of hydrogen-bond acceptors (Lipinski definition) is 4. The average Bonchev–Trinajstić information content (AvgIpc) is 2.60. The molecule has 2 rings (SSSR count). The smallest absolute Gasteiger partial charge is 0.450 e. The number of carboxylic acid groups (broad SMARTS) is 1. The van der Waals surface area contributed by atoms with Crippen molar-refractivity contribution < 1.29 is 24.2 Å². The van der Waals surface area contributed by atoms with E-state index in [-0.39, 0.29) is 24.7 Å². The molecule has 0 aromatic heterocycles. The summed E-state index contributed by atoms with van der Waals surface area (Å²) in [6.45, 7) is 1.59. The Labute approximate surface area is 85.8 Å². The van der Waals surface area contributed by atoms with Crippen LogP contribution in [0.3, 0.4) is 0 Å². The van der Waals surface area contributed by atoms with E-state index in [1.807, 2.05) is 0 Å². The van der Waals surface area contributed by atoms with Crippen LogP contribution in [0.4, 0.5) is 4.79 Å². The van der Waals surface area contributed by atoms with Gasteiger partial charge in [0.1, 0.15) is 5.60 Å². The molecule has 0 aromatic carbocycles. The van der Waals surface area contributed by atoms with Crippen molar-refractivity contribution in [2.24, 2.45) is 0 Å². The first-order valence-electron chi connectivity index (χ1n) is 4.71. The Balaban J connectivity index is 2.06. The molecule has 1 saturated heterocycles. The normalized spacial score (nSPS) is 34.5. The molecule has 1 aliphatic heterocycles. The van der Waals surface area contributed by atoms with Crippen molar-refractivity contribution in [3.8, 4) is 0 Å². The number of amides is 2. The molecular weight excluding hydrogens is 202 g/mol. The Morgan fingerprint density at radius 2 is 2.00 bits per heavy atom. The second-order valence-electron chi connectivity index (χ2n) is 4.06. The van der Waals surface area contributed by atoms with Gasteiger partial charge < -0.3 is 9.84 Å². The van der Waals surface area contributed by atoms with Gasteiger partial charge in [-0.05, 0) is 6.92 Å². The highest BCUT2D eigenvalue weighted by Crippen LogP contribution is 2.45. The fourth-order valence-corrected chi connectivity index (χ4v) is 1.94. The van der Waals surface area contributed by atoms with Gasteiger partial charge in [-0.25, -0.2) is 4.79 Å². The molecule has 2 unspecified atom stereocenters. The molecule has 1 aliphatic carbocycles. The summed E-state index contributed by atoms with van der Waals surface area (Å²) < 4.78 is 4.64. The molecule has 0 aromatic rings. The minimum atomic E-state index is -1.38. The van der Waals surface area contributed by atoms with E-state index in [1.54, 1.807) is 6.92 Å². The highest BCUT2D eigenvalue weighted by atomic mass is 16.7. The minimum absolute atomic E-state index is 0.221. The molecule has 6 nitrogen and oxygen atoms in total. The molecule has 82 valence electrons. The SMILES string of the molecule is CC1(OC(=O)O)CC1N1C(=O)CCC1=O. The number of carbonyl (C=O) groups excluding carboxylic acids is 2. The molecule has 2 amide bonds. The maximum absolute atomic E-state index is 11.3. The predicted molar refractivity (Wildman–Crippen MR) is 47.0 cm³/mol. The van der Waals surface area contributed by atoms with Gasteiger partial charge >= 0.3 is 6.16 Å². The maximum atomic E-state index is 11.3. The number of hydrogen-bond donors (Lipinski definition) is 1. The van der Waals surface area contributed by atoms with Crippen LogP contribution in [0.25, 0.3) is 0 Å². The van der Waals surface area contributed by atoms with Crippen LogP contribution in [-0.4, -0.2) is 39.6 Å². The standard InChI is InChI=1S/C9H11NO5/c1-9(15-8(13)14)4-5(9)10-6(11)2-3-7(10)12/h5H,2-4H2,1H3,(H,13,14). The second kappa shape index (κ2) is 2.95. The quantitative estimate of drug-likeness (QED) is 0.529. The molecular formula is C9H11NO5. The van der Waals surface area contributed by atoms with Crippen molar-refractivity contribution in [3.05, 3.63) is 0 Å². The third kappa shape index (κ3) is 1.55. The van der Waals surface area contributed by atoms with E-state index in [0.717, 1.165) is 4.90 Å². The van der Waals surface area contributed by atoms with Gasteiger partial charge in [0, 0.05) is 19.3 Å². The van der Waals surface area contributed by atoms with Crippen molar-refractivity contribution >= 4 is 18.0 Å². The number of nitrogens with zero attached hydrogens (tertiary/aromatic N) is 1. The zero-order valence-corrected chi connectivity index (χ0v) is 8.23. The Kier molecular flexibility index (Phi) is 1.95. The van der Waals surface area contributed by atoms with E-state index >= 15 is 0 Å². The van der Waals surface area contributed by atoms with Gasteiger partial charge in [0.05, 0.1) is 6.04 Å². The summed E-state index contributed by atoms with van der Waals surface area (Å²) in [5.41, 5.74) is -0.901. The van der Waals surface area contributed by atoms with Gasteiger partial charge in [0.2, 0.25) is 11.8 Å². The highest BCUT2D eigenvalue weighted by molar-refractivity contribution is 6.02. The summed E-state index contributed by atoms with van der Waals surface area (Å²) in [6.07, 6.45) is -0.535. The predicted octanol–water partition coefficient (Wildman–Crippen LogP) is 0.361. The van der Waals surface area contributed by atoms with Gasteiger partial charge in [-0.3, -0.25) is 14.5 Å². The summed E-state index contributed by atoms with van der Waals surface area (Å²) in [7, 11) is 0. The van der Waals surface area contributed by atoms with Gasteiger partial charge in [0.15, 0.2) is 0 Å². The summed E-state index contributed by atoms with van der Waals surface area (Å²) >= 11 is 0. The third-order valence-corrected chi connectivity index (χ3v) is 2.87. The average molecular weight is 213 g/mol. The van der Waals surface area contributed by atoms with Crippen LogP contribution in [0.15, 0.2) is 0 Å². The topological polar surface area (TPSA) is 83.9 Å². The first-order valence-corrected chi connectivity index (χ1v) is 4.71. The number of ether oxygens (including phenoxy) is 1. The lowest BCUT2D eigenvalue weighted by atomic mass is 10.3. The molecule has 1 N–H and O–H groups in total. The fourth-order valence-electron chi connectivity index (χ4n) is 1.94. The molecule has 1 heterocycles. The number of rotatable bonds is 2. The molecule has 2 fully saturated rings. The highest BCUT2D eigenvalue weighted by Gasteiger charge is 2.61. The summed E-state index contributed by atoms with van der Waals surface area (Å²) in [5.74, 6) is -0.467. The van der Waals surface area contributed by atoms with Crippen LogP contribution in [0, 0.1) is 0 Å². The summed E-state index contributed by atoms with van der Waals surface area (Å²) in [4.78, 5) is 34.2. The molecule has 0 radical (unpaired) electrons. The Morgan fingerprint density at radius 3 is 2.47 bits per heavy atom. The molecule has 2 atom stereocenters. The van der Waals surface area contributed by atoms with Gasteiger partial charge in [0.25, 0.3) is 0 Å². The Morgan fingerprint density at radius 1 is 1.47 bits per heavy atom. The van der Waals surface area contributed by atoms with Crippen molar-refractivity contribution in [3.63, 3.8) is 0 Å². The second-order valence-corrected chi connectivity index (χ2v) is 4.06. The number of likely N-dealkylation sites (tertiary alicyclic amines) is 1. The van der Waals surface area contributed by atoms with Crippen LogP contribution < -0.4 is 0 Å². The lowest BCUT2D eigenvalue weighted by molar-refractivity contribution is -0.140. The van der Waals surface area contributed by atoms with Gasteiger partial charge in [-0.2, -0.15) is 0 Å². The van der Waals surface area contributed by atoms with Crippen LogP contribution in [0.2, 0.25) is 0 Å². The summed E-state index contributed by atoms with van der Waals surface area (Å²) in [6, 6.07) is -0.406. The molecule has 6 heteroatoms. The zero-order valence-electron chi connectivity index (χ0n) is 8.23. The van der Waals surface area contributed by atoms with E-state index in [0.29, 0.717) is 6.42 Å². The van der Waals surface area contributed by atoms with E-state index in [9.17, 15) is 14.4 Å². The fraction of sp³-hybridized carbons (Fsp3) is 0.667. The molecule has 0 bridgehead atoms. The van der Waals surface area contributed by atoms with Crippen molar-refractivity contribution in [2.45, 2.75) is 37.8 Å². The van der Waals surface area contributed by atoms with Crippen molar-refractivity contribution in [2.75, 3.05) is 0 Å². The van der Waals surface area contributed by atoms with Gasteiger partial charge in [-0.1, -0.05) is 0 Å². The third-order valence-electron chi connectivity index (χ3n) is 2.87. The minimum Gasteiger partial charge on any atom is -0.450 e. The van der Waals surface area contributed by atoms with Crippen LogP contribution >= 0.6 is 0 Å². The van der Waals surface area contributed by atoms with Crippen molar-refractivity contribution in [1.29, 1.82) is 0 Å². The summed E-state index contributed by atoms with van der Waals surface area (Å²) in [5, 5.41) is 8.47. The van der Waals surface area contributed by atoms with Gasteiger partial charge in [-0.15, -0.1) is 0 Å². The molecule has 1 saturated carbocycles. The Hall–Kier alpha value is -1.59. The first kappa shape index (κ1) is 9.95. The van der Waals surface area contributed by atoms with E-state index in [2.05, 4.69) is 4.74 Å². The lowest BCUT2D eigenvalue weighted by Crippen LogP contribution is -2.37. The van der Waals surface area contributed by atoms with E-state index in [4.69, 9.17) is 5.11 Å². The lowest BCUT2D eigenvalue weighted by Gasteiger charge is -2.17. The maximum Gasteiger partial charge on any atom is 0.506 e. The monoisotopic (exact) mass is 213 g/mol. The van der Waals surface area contributed by atoms with Crippen LogP contribution in [-0.2, 0) is 14.3 Å². The zero-order chi connectivity index (χ0) is 11.2. The largest absolute Gasteiger partial charge is 0.506 e. The van der Waals surface area contributed by atoms with Crippen molar-refractivity contribution in [1.82, 2.24) is 4.90 Å². The molecule has 15 heavy (non-hydrogen) atoms. The van der Waals surface area contributed by atoms with E-state index < -0.39 is 17.8 Å². The van der Waals surface area contributed by atoms with Crippen LogP contribution in [0.5, 0.6) is 0 Å². The van der Waals surface area contributed by atoms with E-state index in [1.165, 1.54) is 0 Å². The molecule has 0 spiro atoms. The first-order chi connectivity index (χ1) is 6.94. The molecule has 2 aliphatic rings. The number of imide groups is 1. The Bertz CT molecular complexity index is 336.